The van der Waals surface area contributed by atoms with Gasteiger partial charge in [-0.2, -0.15) is 11.8 Å². The minimum Gasteiger partial charge on any atom is -0.358 e. The molecule has 2 aromatic rings. The van der Waals surface area contributed by atoms with Crippen molar-refractivity contribution >= 4 is 28.6 Å². The van der Waals surface area contributed by atoms with Gasteiger partial charge in [-0.25, -0.2) is 0 Å². The number of carbonyl (C=O) groups is 1. The number of nitrogens with one attached hydrogen (secondary N) is 2. The van der Waals surface area contributed by atoms with E-state index in [1.54, 1.807) is 11.8 Å². The predicted molar refractivity (Wildman–Crippen MR) is 87.3 cm³/mol. The van der Waals surface area contributed by atoms with Gasteiger partial charge in [0.2, 0.25) is 5.91 Å². The van der Waals surface area contributed by atoms with Gasteiger partial charge in [0.15, 0.2) is 0 Å². The highest BCUT2D eigenvalue weighted by Gasteiger charge is 2.13. The van der Waals surface area contributed by atoms with E-state index in [4.69, 9.17) is 0 Å². The molecule has 1 amide bonds. The molecule has 0 bridgehead atoms. The van der Waals surface area contributed by atoms with E-state index in [0.717, 1.165) is 11.1 Å². The van der Waals surface area contributed by atoms with Crippen molar-refractivity contribution in [2.75, 3.05) is 6.26 Å². The van der Waals surface area contributed by atoms with Gasteiger partial charge >= 0.3 is 0 Å². The van der Waals surface area contributed by atoms with Gasteiger partial charge in [0.1, 0.15) is 0 Å². The van der Waals surface area contributed by atoms with Crippen LogP contribution in [0.15, 0.2) is 12.1 Å². The Morgan fingerprint density at radius 1 is 1.35 bits per heavy atom. The summed E-state index contributed by atoms with van der Waals surface area (Å²) in [6.45, 7) is 8.81. The molecule has 1 heterocycles. The first-order valence-corrected chi connectivity index (χ1v) is 8.11. The Labute approximate surface area is 124 Å². The van der Waals surface area contributed by atoms with Crippen molar-refractivity contribution in [3.05, 3.63) is 34.5 Å². The summed E-state index contributed by atoms with van der Waals surface area (Å²) in [5.41, 5.74) is 5.99. The lowest BCUT2D eigenvalue weighted by atomic mass is 10.0. The molecule has 0 saturated heterocycles. The minimum atomic E-state index is -0.0117. The van der Waals surface area contributed by atoms with Gasteiger partial charge in [-0.05, 0) is 51.1 Å². The summed E-state index contributed by atoms with van der Waals surface area (Å²) in [6.07, 6.45) is 1.95. The third kappa shape index (κ3) is 2.85. The second kappa shape index (κ2) is 5.92. The van der Waals surface area contributed by atoms with E-state index in [0.29, 0.717) is 6.54 Å². The van der Waals surface area contributed by atoms with Crippen LogP contribution in [0, 0.1) is 20.8 Å². The van der Waals surface area contributed by atoms with Gasteiger partial charge in [-0.3, -0.25) is 4.79 Å². The molecular formula is C16H22N2OS. The van der Waals surface area contributed by atoms with Crippen LogP contribution in [-0.2, 0) is 11.3 Å². The highest BCUT2D eigenvalue weighted by atomic mass is 32.2. The summed E-state index contributed by atoms with van der Waals surface area (Å²) >= 11 is 1.56. The first-order valence-electron chi connectivity index (χ1n) is 6.83. The van der Waals surface area contributed by atoms with Gasteiger partial charge in [-0.1, -0.05) is 11.6 Å². The minimum absolute atomic E-state index is 0.0117. The normalized spacial score (nSPS) is 12.7. The highest BCUT2D eigenvalue weighted by Crippen LogP contribution is 2.26. The molecule has 2 N–H and O–H groups in total. The van der Waals surface area contributed by atoms with Crippen LogP contribution in [-0.4, -0.2) is 22.4 Å². The Bertz CT molecular complexity index is 645. The molecule has 0 spiro atoms. The Hall–Kier alpha value is -1.42. The molecule has 0 fully saturated rings. The van der Waals surface area contributed by atoms with E-state index >= 15 is 0 Å². The van der Waals surface area contributed by atoms with Crippen LogP contribution in [0.4, 0.5) is 0 Å². The van der Waals surface area contributed by atoms with Crippen molar-refractivity contribution < 1.29 is 4.79 Å². The summed E-state index contributed by atoms with van der Waals surface area (Å²) in [5.74, 6) is 0.0900. The first kappa shape index (κ1) is 15.0. The third-order valence-corrected chi connectivity index (χ3v) is 4.74. The second-order valence-electron chi connectivity index (χ2n) is 5.32. The van der Waals surface area contributed by atoms with Gasteiger partial charge in [0.05, 0.1) is 10.8 Å². The van der Waals surface area contributed by atoms with Crippen LogP contribution in [0.3, 0.4) is 0 Å². The molecule has 0 aliphatic heterocycles. The van der Waals surface area contributed by atoms with Gasteiger partial charge in [0.25, 0.3) is 0 Å². The van der Waals surface area contributed by atoms with Crippen LogP contribution in [0.2, 0.25) is 0 Å². The first-order chi connectivity index (χ1) is 9.43. The van der Waals surface area contributed by atoms with E-state index in [1.807, 2.05) is 13.2 Å². The van der Waals surface area contributed by atoms with Gasteiger partial charge in [-0.15, -0.1) is 0 Å². The van der Waals surface area contributed by atoms with Crippen molar-refractivity contribution in [2.45, 2.75) is 39.5 Å². The highest BCUT2D eigenvalue weighted by molar-refractivity contribution is 7.99. The van der Waals surface area contributed by atoms with Crippen LogP contribution >= 0.6 is 11.8 Å². The standard InChI is InChI=1S/C16H22N2OS/c1-9-6-13(8-17-16(19)12(4)20-5)15-14(7-9)10(2)11(3)18-15/h6-7,12,18H,8H2,1-5H3,(H,17,19). The zero-order chi connectivity index (χ0) is 14.9. The molecule has 0 aliphatic carbocycles. The Morgan fingerprint density at radius 3 is 2.70 bits per heavy atom. The fraction of sp³-hybridized carbons (Fsp3) is 0.438. The van der Waals surface area contributed by atoms with Crippen LogP contribution < -0.4 is 5.32 Å². The van der Waals surface area contributed by atoms with Crippen molar-refractivity contribution in [3.8, 4) is 0 Å². The van der Waals surface area contributed by atoms with Gasteiger partial charge < -0.3 is 10.3 Å². The summed E-state index contributed by atoms with van der Waals surface area (Å²) in [6, 6.07) is 4.34. The number of hydrogen-bond donors (Lipinski definition) is 2. The Balaban J connectivity index is 2.30. The predicted octanol–water partition coefficient (Wildman–Crippen LogP) is 3.46. The summed E-state index contributed by atoms with van der Waals surface area (Å²) in [4.78, 5) is 15.3. The lowest BCUT2D eigenvalue weighted by molar-refractivity contribution is -0.120. The molecule has 1 aromatic carbocycles. The number of H-pyrrole nitrogens is 1. The molecule has 1 atom stereocenters. The molecule has 4 heteroatoms. The van der Waals surface area contributed by atoms with Crippen LogP contribution in [0.1, 0.15) is 29.3 Å². The van der Waals surface area contributed by atoms with Crippen molar-refractivity contribution in [3.63, 3.8) is 0 Å². The number of benzene rings is 1. The van der Waals surface area contributed by atoms with Crippen LogP contribution in [0.5, 0.6) is 0 Å². The molecule has 0 radical (unpaired) electrons. The number of amides is 1. The zero-order valence-electron chi connectivity index (χ0n) is 12.8. The number of fused-ring (bicyclic) bond motifs is 1. The number of aromatic nitrogens is 1. The second-order valence-corrected chi connectivity index (χ2v) is 6.50. The number of aromatic amines is 1. The molecule has 0 aliphatic rings. The molecule has 108 valence electrons. The molecule has 0 saturated carbocycles. The maximum absolute atomic E-state index is 11.9. The molecule has 20 heavy (non-hydrogen) atoms. The fourth-order valence-electron chi connectivity index (χ4n) is 2.36. The summed E-state index contributed by atoms with van der Waals surface area (Å²) in [5, 5.41) is 4.26. The smallest absolute Gasteiger partial charge is 0.233 e. The summed E-state index contributed by atoms with van der Waals surface area (Å²) < 4.78 is 0. The van der Waals surface area contributed by atoms with Crippen molar-refractivity contribution in [2.24, 2.45) is 0 Å². The van der Waals surface area contributed by atoms with E-state index < -0.39 is 0 Å². The lowest BCUT2D eigenvalue weighted by Gasteiger charge is -2.11. The summed E-state index contributed by atoms with van der Waals surface area (Å²) in [7, 11) is 0. The average molecular weight is 290 g/mol. The molecular weight excluding hydrogens is 268 g/mol. The van der Waals surface area contributed by atoms with E-state index in [9.17, 15) is 4.79 Å². The monoisotopic (exact) mass is 290 g/mol. The van der Waals surface area contributed by atoms with E-state index in [2.05, 4.69) is 43.2 Å². The quantitative estimate of drug-likeness (QED) is 0.905. The van der Waals surface area contributed by atoms with E-state index in [-0.39, 0.29) is 11.2 Å². The Morgan fingerprint density at radius 2 is 2.05 bits per heavy atom. The average Bonchev–Trinajstić information content (AvgIpc) is 2.71. The van der Waals surface area contributed by atoms with Crippen molar-refractivity contribution in [1.82, 2.24) is 10.3 Å². The Kier molecular flexibility index (Phi) is 4.43. The van der Waals surface area contributed by atoms with Crippen molar-refractivity contribution in [1.29, 1.82) is 0 Å². The number of thioether (sulfide) groups is 1. The number of aryl methyl sites for hydroxylation is 3. The zero-order valence-corrected chi connectivity index (χ0v) is 13.6. The number of rotatable bonds is 4. The molecule has 3 nitrogen and oxygen atoms in total. The van der Waals surface area contributed by atoms with Crippen LogP contribution in [0.25, 0.3) is 10.9 Å². The topological polar surface area (TPSA) is 44.9 Å². The maximum Gasteiger partial charge on any atom is 0.233 e. The molecule has 2 rings (SSSR count). The third-order valence-electron chi connectivity index (χ3n) is 3.82. The molecule has 1 unspecified atom stereocenters. The lowest BCUT2D eigenvalue weighted by Crippen LogP contribution is -2.30. The maximum atomic E-state index is 11.9. The van der Waals surface area contributed by atoms with E-state index in [1.165, 1.54) is 22.2 Å². The molecule has 1 aromatic heterocycles. The number of carbonyl (C=O) groups excluding carboxylic acids is 1. The fourth-order valence-corrected chi connectivity index (χ4v) is 2.66. The largest absolute Gasteiger partial charge is 0.358 e. The SMILES string of the molecule is CSC(C)C(=O)NCc1cc(C)cc2c(C)c(C)[nH]c12. The number of hydrogen-bond acceptors (Lipinski definition) is 2. The van der Waals surface area contributed by atoms with Gasteiger partial charge in [0, 0.05) is 17.6 Å².